The number of ether oxygens (including phenoxy) is 2. The van der Waals surface area contributed by atoms with Crippen molar-refractivity contribution >= 4 is 16.8 Å². The average molecular weight is 455 g/mol. The molecule has 0 unspecified atom stereocenters. The van der Waals surface area contributed by atoms with Gasteiger partial charge in [-0.15, -0.1) is 0 Å². The summed E-state index contributed by atoms with van der Waals surface area (Å²) < 4.78 is 11.7. The van der Waals surface area contributed by atoms with Gasteiger partial charge in [-0.05, 0) is 60.4 Å². The molecule has 1 fully saturated rings. The zero-order chi connectivity index (χ0) is 23.5. The monoisotopic (exact) mass is 454 g/mol. The maximum atomic E-state index is 6.21. The third-order valence-corrected chi connectivity index (χ3v) is 7.06. The summed E-state index contributed by atoms with van der Waals surface area (Å²) in [7, 11) is 1.70. The summed E-state index contributed by atoms with van der Waals surface area (Å²) in [6.45, 7) is 9.60. The zero-order valence-corrected chi connectivity index (χ0v) is 20.5. The molecule has 0 saturated carbocycles. The summed E-state index contributed by atoms with van der Waals surface area (Å²) in [5, 5.41) is 0. The number of fused-ring (bicyclic) bond motifs is 1. The molecule has 0 amide bonds. The van der Waals surface area contributed by atoms with Crippen LogP contribution in [0.5, 0.6) is 11.5 Å². The molecule has 3 aromatic rings. The van der Waals surface area contributed by atoms with E-state index in [0.29, 0.717) is 12.6 Å². The van der Waals surface area contributed by atoms with E-state index in [0.717, 1.165) is 49.7 Å². The second kappa shape index (κ2) is 9.94. The predicted molar refractivity (Wildman–Crippen MR) is 141 cm³/mol. The lowest BCUT2D eigenvalue weighted by molar-refractivity contribution is 0.209. The number of anilines is 1. The Morgan fingerprint density at radius 1 is 0.824 bits per heavy atom. The number of hydrogen-bond donors (Lipinski definition) is 0. The highest BCUT2D eigenvalue weighted by molar-refractivity contribution is 6.00. The largest absolute Gasteiger partial charge is 0.497 e. The molecule has 1 saturated heterocycles. The van der Waals surface area contributed by atoms with Crippen LogP contribution in [-0.4, -0.2) is 50.8 Å². The van der Waals surface area contributed by atoms with Gasteiger partial charge in [0.05, 0.1) is 13.7 Å². The molecule has 0 spiro atoms. The first-order valence-corrected chi connectivity index (χ1v) is 12.3. The lowest BCUT2D eigenvalue weighted by atomic mass is 9.88. The molecule has 0 atom stereocenters. The predicted octanol–water partition coefficient (Wildman–Crippen LogP) is 5.97. The minimum atomic E-state index is 0.615. The van der Waals surface area contributed by atoms with Gasteiger partial charge in [-0.25, -0.2) is 0 Å². The number of nitrogens with zero attached hydrogens (tertiary/aromatic N) is 2. The van der Waals surface area contributed by atoms with Gasteiger partial charge < -0.3 is 14.4 Å². The van der Waals surface area contributed by atoms with Gasteiger partial charge >= 0.3 is 0 Å². The molecule has 2 aliphatic heterocycles. The van der Waals surface area contributed by atoms with E-state index in [2.05, 4.69) is 84.3 Å². The van der Waals surface area contributed by atoms with Crippen molar-refractivity contribution in [3.63, 3.8) is 0 Å². The third kappa shape index (κ3) is 4.55. The highest BCUT2D eigenvalue weighted by Gasteiger charge is 2.23. The van der Waals surface area contributed by atoms with Crippen LogP contribution in [-0.2, 0) is 0 Å². The Labute approximate surface area is 203 Å². The first-order chi connectivity index (χ1) is 16.6. The Hall–Kier alpha value is -3.24. The molecular weight excluding hydrogens is 420 g/mol. The van der Waals surface area contributed by atoms with Crippen LogP contribution in [0.15, 0.2) is 72.8 Å². The molecule has 4 heteroatoms. The van der Waals surface area contributed by atoms with Gasteiger partial charge in [0, 0.05) is 56.0 Å². The molecule has 0 N–H and O–H groups in total. The normalized spacial score (nSPS) is 16.8. The van der Waals surface area contributed by atoms with Crippen LogP contribution < -0.4 is 14.4 Å². The highest BCUT2D eigenvalue weighted by Crippen LogP contribution is 2.42. The fourth-order valence-electron chi connectivity index (χ4n) is 5.10. The molecular formula is C30H34N2O2. The standard InChI is InChI=1S/C30H34N2O2/c1-22(2)31-16-18-32(19-17-31)25-11-9-24(10-12-25)30-27(23-7-5-4-6-8-23)15-20-34-29-21-26(33-3)13-14-28(29)30/h4-14,21-22H,15-20H2,1-3H3. The topological polar surface area (TPSA) is 24.9 Å². The average Bonchev–Trinajstić information content (AvgIpc) is 3.08. The van der Waals surface area contributed by atoms with Gasteiger partial charge in [0.1, 0.15) is 11.5 Å². The van der Waals surface area contributed by atoms with Crippen molar-refractivity contribution in [1.82, 2.24) is 4.90 Å². The minimum Gasteiger partial charge on any atom is -0.497 e. The van der Waals surface area contributed by atoms with E-state index in [1.807, 2.05) is 12.1 Å². The summed E-state index contributed by atoms with van der Waals surface area (Å²) in [6, 6.07) is 26.6. The van der Waals surface area contributed by atoms with Crippen LogP contribution in [0.2, 0.25) is 0 Å². The summed E-state index contributed by atoms with van der Waals surface area (Å²) in [6.07, 6.45) is 0.856. The fraction of sp³-hybridized carbons (Fsp3) is 0.333. The SMILES string of the molecule is COc1ccc2c(c1)OCCC(c1ccccc1)=C2c1ccc(N2CCN(C(C)C)CC2)cc1. The van der Waals surface area contributed by atoms with Gasteiger partial charge in [0.2, 0.25) is 0 Å². The van der Waals surface area contributed by atoms with Crippen LogP contribution in [0, 0.1) is 0 Å². The van der Waals surface area contributed by atoms with Crippen molar-refractivity contribution in [2.75, 3.05) is 44.8 Å². The molecule has 176 valence electrons. The maximum absolute atomic E-state index is 6.21. The Kier molecular flexibility index (Phi) is 6.59. The van der Waals surface area contributed by atoms with Crippen LogP contribution in [0.25, 0.3) is 11.1 Å². The van der Waals surface area contributed by atoms with Gasteiger partial charge in [-0.1, -0.05) is 42.5 Å². The maximum Gasteiger partial charge on any atom is 0.130 e. The smallest absolute Gasteiger partial charge is 0.130 e. The van der Waals surface area contributed by atoms with E-state index >= 15 is 0 Å². The lowest BCUT2D eigenvalue weighted by Gasteiger charge is -2.38. The van der Waals surface area contributed by atoms with Crippen LogP contribution in [0.1, 0.15) is 37.0 Å². The van der Waals surface area contributed by atoms with E-state index in [-0.39, 0.29) is 0 Å². The van der Waals surface area contributed by atoms with Crippen molar-refractivity contribution in [3.8, 4) is 11.5 Å². The molecule has 2 aliphatic rings. The third-order valence-electron chi connectivity index (χ3n) is 7.06. The van der Waals surface area contributed by atoms with Gasteiger partial charge in [-0.3, -0.25) is 4.90 Å². The highest BCUT2D eigenvalue weighted by atomic mass is 16.5. The van der Waals surface area contributed by atoms with Gasteiger partial charge in [0.15, 0.2) is 0 Å². The Morgan fingerprint density at radius 3 is 2.24 bits per heavy atom. The molecule has 0 aliphatic carbocycles. The minimum absolute atomic E-state index is 0.615. The first kappa shape index (κ1) is 22.5. The molecule has 2 heterocycles. The Balaban J connectivity index is 1.53. The molecule has 0 aromatic heterocycles. The first-order valence-electron chi connectivity index (χ1n) is 12.3. The van der Waals surface area contributed by atoms with Crippen LogP contribution in [0.4, 0.5) is 5.69 Å². The summed E-state index contributed by atoms with van der Waals surface area (Å²) in [4.78, 5) is 5.06. The number of methoxy groups -OCH3 is 1. The molecule has 3 aromatic carbocycles. The summed E-state index contributed by atoms with van der Waals surface area (Å²) in [5.74, 6) is 1.70. The van der Waals surface area contributed by atoms with Gasteiger partial charge in [0.25, 0.3) is 0 Å². The lowest BCUT2D eigenvalue weighted by Crippen LogP contribution is -2.48. The molecule has 34 heavy (non-hydrogen) atoms. The van der Waals surface area contributed by atoms with E-state index in [4.69, 9.17) is 9.47 Å². The van der Waals surface area contributed by atoms with E-state index < -0.39 is 0 Å². The number of benzene rings is 3. The van der Waals surface area contributed by atoms with Crippen molar-refractivity contribution < 1.29 is 9.47 Å². The van der Waals surface area contributed by atoms with E-state index in [9.17, 15) is 0 Å². The Morgan fingerprint density at radius 2 is 1.56 bits per heavy atom. The second-order valence-electron chi connectivity index (χ2n) is 9.34. The second-order valence-corrected chi connectivity index (χ2v) is 9.34. The zero-order valence-electron chi connectivity index (χ0n) is 20.5. The van der Waals surface area contributed by atoms with Crippen molar-refractivity contribution in [3.05, 3.63) is 89.5 Å². The molecule has 0 bridgehead atoms. The number of rotatable bonds is 5. The van der Waals surface area contributed by atoms with Crippen molar-refractivity contribution in [1.29, 1.82) is 0 Å². The van der Waals surface area contributed by atoms with Gasteiger partial charge in [-0.2, -0.15) is 0 Å². The number of hydrogen-bond acceptors (Lipinski definition) is 4. The summed E-state index contributed by atoms with van der Waals surface area (Å²) >= 11 is 0. The summed E-state index contributed by atoms with van der Waals surface area (Å²) in [5.41, 5.74) is 7.46. The number of piperazine rings is 1. The fourth-order valence-corrected chi connectivity index (χ4v) is 5.10. The van der Waals surface area contributed by atoms with Crippen molar-refractivity contribution in [2.45, 2.75) is 26.3 Å². The van der Waals surface area contributed by atoms with Crippen LogP contribution in [0.3, 0.4) is 0 Å². The molecule has 5 rings (SSSR count). The van der Waals surface area contributed by atoms with E-state index in [1.54, 1.807) is 7.11 Å². The van der Waals surface area contributed by atoms with Crippen molar-refractivity contribution in [2.24, 2.45) is 0 Å². The van der Waals surface area contributed by atoms with E-state index in [1.165, 1.54) is 28.0 Å². The molecule has 4 nitrogen and oxygen atoms in total. The Bertz CT molecular complexity index is 1140. The van der Waals surface area contributed by atoms with Crippen LogP contribution >= 0.6 is 0 Å². The quantitative estimate of drug-likeness (QED) is 0.474. The molecule has 0 radical (unpaired) electrons.